The average molecular weight is 334 g/mol. The van der Waals surface area contributed by atoms with Gasteiger partial charge in [-0.25, -0.2) is 0 Å². The number of H-pyrrole nitrogens is 1. The Bertz CT molecular complexity index is 782. The minimum atomic E-state index is -1.14. The number of hydrogen-bond acceptors (Lipinski definition) is 6. The number of fused-ring (bicyclic) bond motifs is 1. The number of aromatic amines is 1. The third-order valence-corrected chi connectivity index (χ3v) is 4.18. The van der Waals surface area contributed by atoms with Gasteiger partial charge in [0.15, 0.2) is 0 Å². The van der Waals surface area contributed by atoms with Gasteiger partial charge in [-0.15, -0.1) is 0 Å². The number of carbonyl (C=O) groups is 1. The van der Waals surface area contributed by atoms with Crippen molar-refractivity contribution < 1.29 is 19.6 Å². The van der Waals surface area contributed by atoms with Crippen LogP contribution in [-0.2, 0) is 16.0 Å². The number of nitro groups is 1. The Morgan fingerprint density at radius 3 is 2.79 bits per heavy atom. The van der Waals surface area contributed by atoms with Crippen molar-refractivity contribution in [1.29, 1.82) is 0 Å². The zero-order valence-corrected chi connectivity index (χ0v) is 12.9. The Morgan fingerprint density at radius 1 is 1.46 bits per heavy atom. The first-order chi connectivity index (χ1) is 11.5. The van der Waals surface area contributed by atoms with Crippen LogP contribution in [0.25, 0.3) is 10.9 Å². The number of non-ortho nitro benzene ring substituents is 1. The van der Waals surface area contributed by atoms with Crippen LogP contribution < -0.4 is 10.6 Å². The number of hydrogen-bond donors (Lipinski definition) is 3. The zero-order chi connectivity index (χ0) is 17.3. The van der Waals surface area contributed by atoms with Gasteiger partial charge in [0.2, 0.25) is 0 Å². The van der Waals surface area contributed by atoms with E-state index in [-0.39, 0.29) is 12.1 Å². The first-order valence-electron chi connectivity index (χ1n) is 7.57. The summed E-state index contributed by atoms with van der Waals surface area (Å²) in [7, 11) is 0. The minimum Gasteiger partial charge on any atom is -0.480 e. The predicted octanol–water partition coefficient (Wildman–Crippen LogP) is 0.867. The quantitative estimate of drug-likeness (QED) is 0.545. The molecule has 24 heavy (non-hydrogen) atoms. The van der Waals surface area contributed by atoms with E-state index in [2.05, 4.69) is 9.88 Å². The monoisotopic (exact) mass is 334 g/mol. The topological polar surface area (TPSA) is 135 Å². The molecule has 1 aromatic carbocycles. The van der Waals surface area contributed by atoms with E-state index in [1.807, 2.05) is 0 Å². The summed E-state index contributed by atoms with van der Waals surface area (Å²) in [6.45, 7) is 2.57. The summed E-state index contributed by atoms with van der Waals surface area (Å²) >= 11 is 0. The molecule has 1 aliphatic heterocycles. The van der Waals surface area contributed by atoms with Gasteiger partial charge in [-0.05, 0) is 11.6 Å². The van der Waals surface area contributed by atoms with Gasteiger partial charge in [-0.1, -0.05) is 0 Å². The molecule has 0 aliphatic carbocycles. The molecule has 0 amide bonds. The summed E-state index contributed by atoms with van der Waals surface area (Å²) in [5.74, 6) is -1.14. The lowest BCUT2D eigenvalue weighted by molar-refractivity contribution is -0.383. The summed E-state index contributed by atoms with van der Waals surface area (Å²) in [4.78, 5) is 27.1. The number of nitrogens with one attached hydrogen (secondary N) is 1. The van der Waals surface area contributed by atoms with Crippen molar-refractivity contribution in [3.05, 3.63) is 34.0 Å². The standard InChI is InChI=1S/C15H18N4O5/c16-10(15(20)21)7-9-8-17-14-12(18-3-5-24-6-4-18)2-1-11(13(9)14)19(22)23/h1-2,8,10,17H,3-7,16H2,(H,20,21)/t10-/m0/s1. The van der Waals surface area contributed by atoms with Crippen molar-refractivity contribution >= 4 is 28.2 Å². The summed E-state index contributed by atoms with van der Waals surface area (Å²) in [6, 6.07) is 2.05. The molecule has 1 atom stereocenters. The largest absolute Gasteiger partial charge is 0.480 e. The number of anilines is 1. The van der Waals surface area contributed by atoms with Crippen molar-refractivity contribution in [3.63, 3.8) is 0 Å². The number of ether oxygens (including phenoxy) is 1. The molecule has 0 spiro atoms. The van der Waals surface area contributed by atoms with E-state index in [4.69, 9.17) is 15.6 Å². The van der Waals surface area contributed by atoms with E-state index in [1.165, 1.54) is 6.07 Å². The van der Waals surface area contributed by atoms with Crippen molar-refractivity contribution in [3.8, 4) is 0 Å². The molecule has 9 nitrogen and oxygen atoms in total. The lowest BCUT2D eigenvalue weighted by atomic mass is 10.0. The number of carboxylic acids is 1. The van der Waals surface area contributed by atoms with Crippen LogP contribution in [0.1, 0.15) is 5.56 Å². The Hall–Kier alpha value is -2.65. The molecule has 0 unspecified atom stereocenters. The first kappa shape index (κ1) is 16.2. The van der Waals surface area contributed by atoms with Crippen LogP contribution >= 0.6 is 0 Å². The summed E-state index contributed by atoms with van der Waals surface area (Å²) in [5, 5.41) is 20.8. The van der Waals surface area contributed by atoms with Gasteiger partial charge in [-0.2, -0.15) is 0 Å². The van der Waals surface area contributed by atoms with E-state index in [0.717, 1.165) is 5.69 Å². The van der Waals surface area contributed by atoms with Gasteiger partial charge in [0, 0.05) is 31.8 Å². The highest BCUT2D eigenvalue weighted by molar-refractivity contribution is 6.00. The third-order valence-electron chi connectivity index (χ3n) is 4.18. The smallest absolute Gasteiger partial charge is 0.320 e. The van der Waals surface area contributed by atoms with Crippen LogP contribution in [0.3, 0.4) is 0 Å². The summed E-state index contributed by atoms with van der Waals surface area (Å²) < 4.78 is 5.34. The Balaban J connectivity index is 2.10. The normalized spacial score (nSPS) is 16.3. The van der Waals surface area contributed by atoms with Gasteiger partial charge in [-0.3, -0.25) is 14.9 Å². The van der Waals surface area contributed by atoms with Crippen molar-refractivity contribution in [1.82, 2.24) is 4.98 Å². The van der Waals surface area contributed by atoms with Crippen LogP contribution in [0.2, 0.25) is 0 Å². The third kappa shape index (κ3) is 2.91. The fourth-order valence-electron chi connectivity index (χ4n) is 2.99. The number of benzene rings is 1. The number of carboxylic acid groups (broad SMARTS) is 1. The zero-order valence-electron chi connectivity index (χ0n) is 12.9. The SMILES string of the molecule is N[C@@H](Cc1c[nH]c2c(N3CCOCC3)ccc([N+](=O)[O-])c12)C(=O)O. The number of rotatable bonds is 5. The van der Waals surface area contributed by atoms with Gasteiger partial charge in [0.05, 0.1) is 34.7 Å². The number of nitrogens with two attached hydrogens (primary N) is 1. The molecule has 0 bridgehead atoms. The molecular formula is C15H18N4O5. The Labute approximate surface area is 137 Å². The van der Waals surface area contributed by atoms with Crippen LogP contribution in [-0.4, -0.2) is 53.3 Å². The van der Waals surface area contributed by atoms with E-state index in [9.17, 15) is 14.9 Å². The van der Waals surface area contributed by atoms with Crippen LogP contribution in [0.15, 0.2) is 18.3 Å². The van der Waals surface area contributed by atoms with Gasteiger partial charge in [0.1, 0.15) is 6.04 Å². The second-order valence-electron chi connectivity index (χ2n) is 5.67. The highest BCUT2D eigenvalue weighted by Gasteiger charge is 2.24. The van der Waals surface area contributed by atoms with Crippen LogP contribution in [0.5, 0.6) is 0 Å². The fraction of sp³-hybridized carbons (Fsp3) is 0.400. The molecule has 4 N–H and O–H groups in total. The maximum Gasteiger partial charge on any atom is 0.320 e. The molecule has 1 saturated heterocycles. The number of morpholine rings is 1. The number of aliphatic carboxylic acids is 1. The number of aromatic nitrogens is 1. The van der Waals surface area contributed by atoms with E-state index < -0.39 is 16.9 Å². The molecule has 2 aromatic rings. The van der Waals surface area contributed by atoms with Crippen LogP contribution in [0, 0.1) is 10.1 Å². The second-order valence-corrected chi connectivity index (χ2v) is 5.67. The van der Waals surface area contributed by atoms with Crippen molar-refractivity contribution in [2.75, 3.05) is 31.2 Å². The molecule has 0 radical (unpaired) electrons. The highest BCUT2D eigenvalue weighted by atomic mass is 16.6. The van der Waals surface area contributed by atoms with Crippen molar-refractivity contribution in [2.24, 2.45) is 5.73 Å². The molecule has 1 aliphatic rings. The lowest BCUT2D eigenvalue weighted by Gasteiger charge is -2.29. The number of nitro benzene ring substituents is 1. The Morgan fingerprint density at radius 2 is 2.17 bits per heavy atom. The van der Waals surface area contributed by atoms with E-state index in [0.29, 0.717) is 42.8 Å². The second kappa shape index (κ2) is 6.46. The molecular weight excluding hydrogens is 316 g/mol. The summed E-state index contributed by atoms with van der Waals surface area (Å²) in [5.41, 5.74) is 7.53. The molecule has 1 fully saturated rings. The molecule has 9 heteroatoms. The maximum absolute atomic E-state index is 11.4. The van der Waals surface area contributed by atoms with E-state index in [1.54, 1.807) is 12.3 Å². The minimum absolute atomic E-state index is 0.0166. The Kier molecular flexibility index (Phi) is 4.36. The predicted molar refractivity (Wildman–Crippen MR) is 87.3 cm³/mol. The maximum atomic E-state index is 11.4. The lowest BCUT2D eigenvalue weighted by Crippen LogP contribution is -2.36. The first-order valence-corrected chi connectivity index (χ1v) is 7.57. The van der Waals surface area contributed by atoms with Crippen molar-refractivity contribution in [2.45, 2.75) is 12.5 Å². The van der Waals surface area contributed by atoms with Gasteiger partial charge >= 0.3 is 5.97 Å². The fourth-order valence-corrected chi connectivity index (χ4v) is 2.99. The molecule has 0 saturated carbocycles. The van der Waals surface area contributed by atoms with Crippen LogP contribution in [0.4, 0.5) is 11.4 Å². The molecule has 128 valence electrons. The van der Waals surface area contributed by atoms with E-state index >= 15 is 0 Å². The molecule has 2 heterocycles. The van der Waals surface area contributed by atoms with Gasteiger partial charge in [0.25, 0.3) is 5.69 Å². The highest BCUT2D eigenvalue weighted by Crippen LogP contribution is 2.36. The average Bonchev–Trinajstić information content (AvgIpc) is 2.98. The number of nitrogens with zero attached hydrogens (tertiary/aromatic N) is 2. The van der Waals surface area contributed by atoms with Gasteiger partial charge < -0.3 is 25.5 Å². The summed E-state index contributed by atoms with van der Waals surface area (Å²) in [6.07, 6.45) is 1.62. The molecule has 3 rings (SSSR count). The molecule has 1 aromatic heterocycles.